The molecule has 0 saturated carbocycles. The molecule has 3 heteroatoms. The standard InChI is InChI=1S/C14H18N2O/c1-3-10-5-4-6-11-9(2)12(7-8-15)14(17)16-13(10)11/h4-6H,3,7-8,15H2,1-2H3,(H,16,17). The van der Waals surface area contributed by atoms with E-state index in [4.69, 9.17) is 5.73 Å². The molecule has 0 radical (unpaired) electrons. The molecular weight excluding hydrogens is 212 g/mol. The highest BCUT2D eigenvalue weighted by Crippen LogP contribution is 2.21. The molecule has 0 fully saturated rings. The molecule has 2 aromatic rings. The molecule has 1 aromatic carbocycles. The van der Waals surface area contributed by atoms with E-state index in [0.717, 1.165) is 28.5 Å². The van der Waals surface area contributed by atoms with Gasteiger partial charge in [0.25, 0.3) is 5.56 Å². The van der Waals surface area contributed by atoms with Crippen LogP contribution in [0.1, 0.15) is 23.6 Å². The summed E-state index contributed by atoms with van der Waals surface area (Å²) in [4.78, 5) is 15.0. The van der Waals surface area contributed by atoms with Gasteiger partial charge in [-0.1, -0.05) is 25.1 Å². The van der Waals surface area contributed by atoms with E-state index in [2.05, 4.69) is 24.0 Å². The van der Waals surface area contributed by atoms with Gasteiger partial charge in [0.05, 0.1) is 5.52 Å². The zero-order valence-corrected chi connectivity index (χ0v) is 10.3. The lowest BCUT2D eigenvalue weighted by Crippen LogP contribution is -2.18. The molecule has 3 N–H and O–H groups in total. The van der Waals surface area contributed by atoms with Crippen LogP contribution in [0.5, 0.6) is 0 Å². The number of H-pyrrole nitrogens is 1. The Kier molecular flexibility index (Phi) is 3.29. The van der Waals surface area contributed by atoms with Crippen molar-refractivity contribution in [1.29, 1.82) is 0 Å². The van der Waals surface area contributed by atoms with Crippen molar-refractivity contribution in [3.8, 4) is 0 Å². The molecule has 1 heterocycles. The van der Waals surface area contributed by atoms with Gasteiger partial charge < -0.3 is 10.7 Å². The van der Waals surface area contributed by atoms with E-state index in [1.807, 2.05) is 13.0 Å². The third-order valence-electron chi connectivity index (χ3n) is 3.30. The van der Waals surface area contributed by atoms with Crippen molar-refractivity contribution in [3.63, 3.8) is 0 Å². The molecule has 3 nitrogen and oxygen atoms in total. The molecular formula is C14H18N2O. The number of nitrogens with one attached hydrogen (secondary N) is 1. The van der Waals surface area contributed by atoms with Gasteiger partial charge in [-0.15, -0.1) is 0 Å². The van der Waals surface area contributed by atoms with E-state index < -0.39 is 0 Å². The van der Waals surface area contributed by atoms with Gasteiger partial charge in [-0.05, 0) is 37.4 Å². The Morgan fingerprint density at radius 1 is 1.35 bits per heavy atom. The molecule has 0 bridgehead atoms. The highest BCUT2D eigenvalue weighted by Gasteiger charge is 2.09. The zero-order valence-electron chi connectivity index (χ0n) is 10.3. The molecule has 0 aliphatic heterocycles. The van der Waals surface area contributed by atoms with E-state index in [-0.39, 0.29) is 5.56 Å². The fourth-order valence-corrected chi connectivity index (χ4v) is 2.32. The van der Waals surface area contributed by atoms with Crippen LogP contribution in [0.25, 0.3) is 10.9 Å². The van der Waals surface area contributed by atoms with Crippen LogP contribution in [0.4, 0.5) is 0 Å². The number of nitrogens with two attached hydrogens (primary N) is 1. The van der Waals surface area contributed by atoms with Crippen molar-refractivity contribution < 1.29 is 0 Å². The van der Waals surface area contributed by atoms with Crippen LogP contribution in [0.2, 0.25) is 0 Å². The first-order valence-electron chi connectivity index (χ1n) is 6.02. The summed E-state index contributed by atoms with van der Waals surface area (Å²) < 4.78 is 0. The Hall–Kier alpha value is -1.61. The van der Waals surface area contributed by atoms with Crippen LogP contribution >= 0.6 is 0 Å². The fourth-order valence-electron chi connectivity index (χ4n) is 2.32. The van der Waals surface area contributed by atoms with Gasteiger partial charge >= 0.3 is 0 Å². The minimum Gasteiger partial charge on any atom is -0.330 e. The largest absolute Gasteiger partial charge is 0.330 e. The van der Waals surface area contributed by atoms with Crippen LogP contribution < -0.4 is 11.3 Å². The van der Waals surface area contributed by atoms with Crippen molar-refractivity contribution in [2.75, 3.05) is 6.54 Å². The second-order valence-electron chi connectivity index (χ2n) is 4.29. The summed E-state index contributed by atoms with van der Waals surface area (Å²) in [6, 6.07) is 6.15. The molecule has 0 saturated heterocycles. The summed E-state index contributed by atoms with van der Waals surface area (Å²) in [7, 11) is 0. The van der Waals surface area contributed by atoms with Crippen LogP contribution in [0.3, 0.4) is 0 Å². The Morgan fingerprint density at radius 3 is 2.76 bits per heavy atom. The van der Waals surface area contributed by atoms with Crippen molar-refractivity contribution in [1.82, 2.24) is 4.98 Å². The predicted molar refractivity (Wildman–Crippen MR) is 71.4 cm³/mol. The van der Waals surface area contributed by atoms with Gasteiger partial charge in [0.2, 0.25) is 0 Å². The maximum Gasteiger partial charge on any atom is 0.251 e. The Morgan fingerprint density at radius 2 is 2.12 bits per heavy atom. The van der Waals surface area contributed by atoms with E-state index in [1.54, 1.807) is 0 Å². The highest BCUT2D eigenvalue weighted by atomic mass is 16.1. The minimum absolute atomic E-state index is 0.00125. The quantitative estimate of drug-likeness (QED) is 0.846. The molecule has 17 heavy (non-hydrogen) atoms. The number of fused-ring (bicyclic) bond motifs is 1. The molecule has 1 aromatic heterocycles. The molecule has 0 amide bonds. The van der Waals surface area contributed by atoms with Crippen molar-refractivity contribution >= 4 is 10.9 Å². The lowest BCUT2D eigenvalue weighted by Gasteiger charge is -2.10. The van der Waals surface area contributed by atoms with Gasteiger partial charge in [-0.3, -0.25) is 4.79 Å². The fraction of sp³-hybridized carbons (Fsp3) is 0.357. The maximum atomic E-state index is 12.0. The molecule has 0 spiro atoms. The van der Waals surface area contributed by atoms with E-state index >= 15 is 0 Å². The Balaban J connectivity index is 2.81. The van der Waals surface area contributed by atoms with Crippen molar-refractivity contribution in [2.45, 2.75) is 26.7 Å². The van der Waals surface area contributed by atoms with E-state index in [9.17, 15) is 4.79 Å². The lowest BCUT2D eigenvalue weighted by atomic mass is 9.99. The summed E-state index contributed by atoms with van der Waals surface area (Å²) in [6.07, 6.45) is 1.55. The maximum absolute atomic E-state index is 12.0. The van der Waals surface area contributed by atoms with E-state index in [0.29, 0.717) is 13.0 Å². The molecule has 0 aliphatic carbocycles. The molecule has 2 rings (SSSR count). The van der Waals surface area contributed by atoms with Gasteiger partial charge in [-0.25, -0.2) is 0 Å². The summed E-state index contributed by atoms with van der Waals surface area (Å²) in [5.74, 6) is 0. The number of pyridine rings is 1. The van der Waals surface area contributed by atoms with Crippen LogP contribution in [0.15, 0.2) is 23.0 Å². The number of para-hydroxylation sites is 1. The zero-order chi connectivity index (χ0) is 12.4. The van der Waals surface area contributed by atoms with Crippen molar-refractivity contribution in [3.05, 3.63) is 45.2 Å². The first kappa shape index (κ1) is 11.9. The third kappa shape index (κ3) is 1.98. The normalized spacial score (nSPS) is 11.0. The predicted octanol–water partition coefficient (Wildman–Crippen LogP) is 1.90. The number of rotatable bonds is 3. The molecule has 90 valence electrons. The van der Waals surface area contributed by atoms with Gasteiger partial charge in [0, 0.05) is 10.9 Å². The number of aromatic nitrogens is 1. The average molecular weight is 230 g/mol. The van der Waals surface area contributed by atoms with Crippen molar-refractivity contribution in [2.24, 2.45) is 5.73 Å². The number of hydrogen-bond donors (Lipinski definition) is 2. The number of aromatic amines is 1. The second-order valence-corrected chi connectivity index (χ2v) is 4.29. The highest BCUT2D eigenvalue weighted by molar-refractivity contribution is 5.85. The van der Waals surface area contributed by atoms with Crippen LogP contribution in [-0.2, 0) is 12.8 Å². The first-order valence-corrected chi connectivity index (χ1v) is 6.02. The first-order chi connectivity index (χ1) is 8.19. The summed E-state index contributed by atoms with van der Waals surface area (Å²) in [6.45, 7) is 4.60. The van der Waals surface area contributed by atoms with E-state index in [1.165, 1.54) is 5.56 Å². The smallest absolute Gasteiger partial charge is 0.251 e. The Labute approximate surface area is 101 Å². The SMILES string of the molecule is CCc1cccc2c(C)c(CCN)c(=O)[nH]c12. The lowest BCUT2D eigenvalue weighted by molar-refractivity contribution is 0.936. The Bertz CT molecular complexity index is 599. The van der Waals surface area contributed by atoms with Crippen LogP contribution in [-0.4, -0.2) is 11.5 Å². The van der Waals surface area contributed by atoms with Gasteiger partial charge in [0.1, 0.15) is 0 Å². The van der Waals surface area contributed by atoms with Gasteiger partial charge in [0.15, 0.2) is 0 Å². The average Bonchev–Trinajstić information content (AvgIpc) is 2.34. The summed E-state index contributed by atoms with van der Waals surface area (Å²) >= 11 is 0. The van der Waals surface area contributed by atoms with Gasteiger partial charge in [-0.2, -0.15) is 0 Å². The summed E-state index contributed by atoms with van der Waals surface area (Å²) in [5.41, 5.74) is 9.57. The monoisotopic (exact) mass is 230 g/mol. The molecule has 0 unspecified atom stereocenters. The molecule has 0 aliphatic rings. The summed E-state index contributed by atoms with van der Waals surface area (Å²) in [5, 5.41) is 1.13. The molecule has 0 atom stereocenters. The minimum atomic E-state index is 0.00125. The third-order valence-corrected chi connectivity index (χ3v) is 3.30. The number of benzene rings is 1. The number of aryl methyl sites for hydroxylation is 2. The topological polar surface area (TPSA) is 58.9 Å². The van der Waals surface area contributed by atoms with Crippen LogP contribution in [0, 0.1) is 6.92 Å². The number of hydrogen-bond acceptors (Lipinski definition) is 2. The second kappa shape index (κ2) is 4.72.